The zero-order valence-electron chi connectivity index (χ0n) is 21.2. The van der Waals surface area contributed by atoms with Gasteiger partial charge in [0.15, 0.2) is 0 Å². The van der Waals surface area contributed by atoms with E-state index in [-0.39, 0.29) is 18.6 Å². The van der Waals surface area contributed by atoms with Gasteiger partial charge in [-0.25, -0.2) is 9.97 Å². The number of aromatic nitrogens is 4. The number of amides is 1. The minimum atomic E-state index is -0.647. The Morgan fingerprint density at radius 3 is 2.79 bits per heavy atom. The third-order valence-electron chi connectivity index (χ3n) is 7.11. The zero-order valence-corrected chi connectivity index (χ0v) is 21.2. The molecule has 1 aliphatic carbocycles. The van der Waals surface area contributed by atoms with Gasteiger partial charge in [-0.05, 0) is 36.9 Å². The maximum atomic E-state index is 13.0. The molecule has 1 amide bonds. The molecule has 3 unspecified atom stereocenters. The van der Waals surface area contributed by atoms with Crippen LogP contribution in [-0.4, -0.2) is 105 Å². The normalized spacial score (nSPS) is 23.3. The van der Waals surface area contributed by atoms with Gasteiger partial charge in [0.1, 0.15) is 23.7 Å². The van der Waals surface area contributed by atoms with E-state index in [1.807, 2.05) is 11.0 Å². The van der Waals surface area contributed by atoms with Gasteiger partial charge in [0.05, 0.1) is 30.6 Å². The molecule has 6 rings (SSSR count). The number of pyridine rings is 1. The number of aliphatic hydroxyl groups excluding tert-OH is 1. The monoisotopic (exact) mass is 517 g/mol. The average molecular weight is 518 g/mol. The van der Waals surface area contributed by atoms with Crippen LogP contribution in [0.4, 0.5) is 5.95 Å². The molecule has 3 aliphatic rings. The number of anilines is 1. The Bertz CT molecular complexity index is 1430. The second-order valence-corrected chi connectivity index (χ2v) is 9.91. The maximum absolute atomic E-state index is 13.0. The third-order valence-corrected chi connectivity index (χ3v) is 7.11. The number of ether oxygens (including phenoxy) is 2. The Morgan fingerprint density at radius 1 is 1.13 bits per heavy atom. The summed E-state index contributed by atoms with van der Waals surface area (Å²) < 4.78 is 11.1. The van der Waals surface area contributed by atoms with Gasteiger partial charge in [-0.1, -0.05) is 12.2 Å². The number of nitrogens with zero attached hydrogens (tertiary/aromatic N) is 5. The summed E-state index contributed by atoms with van der Waals surface area (Å²) in [5.41, 5.74) is 1.91. The van der Waals surface area contributed by atoms with Crippen molar-refractivity contribution < 1.29 is 19.4 Å². The van der Waals surface area contributed by atoms with Crippen molar-refractivity contribution in [2.45, 2.75) is 24.7 Å². The molecular weight excluding hydrogens is 486 g/mol. The largest absolute Gasteiger partial charge is 0.485 e. The number of aromatic amines is 1. The molecule has 11 heteroatoms. The number of carbonyl (C=O) groups excluding carboxylic acids is 1. The Kier molecular flexibility index (Phi) is 6.79. The lowest BCUT2D eigenvalue weighted by Crippen LogP contribution is -2.47. The van der Waals surface area contributed by atoms with E-state index < -0.39 is 12.2 Å². The number of piperazine rings is 1. The topological polar surface area (TPSA) is 129 Å². The van der Waals surface area contributed by atoms with Gasteiger partial charge in [0, 0.05) is 50.0 Å². The molecule has 2 fully saturated rings. The molecule has 2 saturated heterocycles. The van der Waals surface area contributed by atoms with Crippen molar-refractivity contribution in [3.8, 4) is 17.1 Å². The standard InChI is InChI=1S/C27H31N7O4/c1-33-8-10-34(11-9-33)26(36)23-13-17-12-18(2-3-20(17)31-23)30-27-29-7-5-21(32-27)22-14-19(4-6-28-22)38-25-16-37-15-24(25)35/h3-7,12-14,18,24-25,31,35H,2,8-11,15-16H2,1H3,(H,29,30,32). The molecule has 3 N–H and O–H groups in total. The quantitative estimate of drug-likeness (QED) is 0.409. The molecule has 3 atom stereocenters. The molecular formula is C27H31N7O4. The second kappa shape index (κ2) is 10.5. The molecule has 3 aromatic rings. The number of aliphatic hydroxyl groups is 1. The molecule has 0 bridgehead atoms. The molecule has 3 aromatic heterocycles. The van der Waals surface area contributed by atoms with Crippen LogP contribution in [0.15, 0.2) is 36.7 Å². The fourth-order valence-electron chi connectivity index (χ4n) is 4.89. The summed E-state index contributed by atoms with van der Waals surface area (Å²) >= 11 is 0. The number of H-pyrrole nitrogens is 1. The summed E-state index contributed by atoms with van der Waals surface area (Å²) in [6.07, 6.45) is 7.23. The highest BCUT2D eigenvalue weighted by Crippen LogP contribution is 2.23. The van der Waals surface area contributed by atoms with Crippen LogP contribution >= 0.6 is 0 Å². The fourth-order valence-corrected chi connectivity index (χ4v) is 4.89. The van der Waals surface area contributed by atoms with Crippen molar-refractivity contribution in [2.75, 3.05) is 51.8 Å². The Hall–Kier alpha value is -3.80. The van der Waals surface area contributed by atoms with Crippen molar-refractivity contribution in [3.63, 3.8) is 0 Å². The van der Waals surface area contributed by atoms with Crippen LogP contribution in [0.25, 0.3) is 23.5 Å². The van der Waals surface area contributed by atoms with Crippen LogP contribution in [-0.2, 0) is 4.74 Å². The number of rotatable bonds is 6. The summed E-state index contributed by atoms with van der Waals surface area (Å²) in [4.78, 5) is 33.9. The van der Waals surface area contributed by atoms with E-state index in [2.05, 4.69) is 49.4 Å². The van der Waals surface area contributed by atoms with Gasteiger partial charge >= 0.3 is 0 Å². The summed E-state index contributed by atoms with van der Waals surface area (Å²) in [6.45, 7) is 3.89. The number of hydrogen-bond donors (Lipinski definition) is 3. The first-order valence-electron chi connectivity index (χ1n) is 12.9. The van der Waals surface area contributed by atoms with E-state index in [9.17, 15) is 9.90 Å². The van der Waals surface area contributed by atoms with Gasteiger partial charge in [-0.15, -0.1) is 0 Å². The molecule has 5 heterocycles. The van der Waals surface area contributed by atoms with Gasteiger partial charge in [0.2, 0.25) is 5.95 Å². The number of likely N-dealkylation sites (N-methyl/N-ethyl adjacent to an activating group) is 1. The molecule has 11 nitrogen and oxygen atoms in total. The highest BCUT2D eigenvalue weighted by molar-refractivity contribution is 5.92. The highest BCUT2D eigenvalue weighted by Gasteiger charge is 2.28. The maximum Gasteiger partial charge on any atom is 0.270 e. The van der Waals surface area contributed by atoms with Gasteiger partial charge < -0.3 is 34.7 Å². The molecule has 38 heavy (non-hydrogen) atoms. The Morgan fingerprint density at radius 2 is 1.97 bits per heavy atom. The highest BCUT2D eigenvalue weighted by atomic mass is 16.6. The van der Waals surface area contributed by atoms with E-state index in [0.717, 1.165) is 43.2 Å². The lowest BCUT2D eigenvalue weighted by molar-refractivity contribution is 0.0658. The smallest absolute Gasteiger partial charge is 0.270 e. The number of fused-ring (bicyclic) bond motifs is 1. The van der Waals surface area contributed by atoms with Gasteiger partial charge in [-0.3, -0.25) is 9.78 Å². The minimum absolute atomic E-state index is 0.0216. The predicted octanol–water partition coefficient (Wildman–Crippen LogP) is -0.162. The molecule has 0 saturated carbocycles. The summed E-state index contributed by atoms with van der Waals surface area (Å²) in [5, 5.41) is 15.3. The molecule has 0 radical (unpaired) electrons. The van der Waals surface area contributed by atoms with Crippen LogP contribution in [0.2, 0.25) is 0 Å². The second-order valence-electron chi connectivity index (χ2n) is 9.91. The lowest BCUT2D eigenvalue weighted by atomic mass is 10.1. The lowest BCUT2D eigenvalue weighted by Gasteiger charge is -2.32. The summed E-state index contributed by atoms with van der Waals surface area (Å²) in [5.74, 6) is 1.12. The zero-order chi connectivity index (χ0) is 26.1. The van der Waals surface area contributed by atoms with Crippen molar-refractivity contribution >= 4 is 24.0 Å². The van der Waals surface area contributed by atoms with Crippen LogP contribution < -0.4 is 20.6 Å². The molecule has 2 aliphatic heterocycles. The van der Waals surface area contributed by atoms with Crippen molar-refractivity contribution in [2.24, 2.45) is 0 Å². The number of hydrogen-bond acceptors (Lipinski definition) is 9. The van der Waals surface area contributed by atoms with Crippen LogP contribution in [0.3, 0.4) is 0 Å². The SMILES string of the molecule is CN1CCN(C(=O)c2cc3c([nH]2)=CCC(Nc2nccc(-c4cc(OC5COCC5O)ccn4)n2)C=3)CC1. The van der Waals surface area contributed by atoms with E-state index in [1.54, 1.807) is 30.6 Å². The van der Waals surface area contributed by atoms with Crippen molar-refractivity contribution in [1.82, 2.24) is 29.7 Å². The number of carbonyl (C=O) groups is 1. The van der Waals surface area contributed by atoms with E-state index in [1.165, 1.54) is 0 Å². The van der Waals surface area contributed by atoms with Crippen molar-refractivity contribution in [3.05, 3.63) is 52.9 Å². The van der Waals surface area contributed by atoms with E-state index >= 15 is 0 Å². The van der Waals surface area contributed by atoms with E-state index in [4.69, 9.17) is 9.47 Å². The van der Waals surface area contributed by atoms with Gasteiger partial charge in [0.25, 0.3) is 5.91 Å². The van der Waals surface area contributed by atoms with Crippen LogP contribution in [0, 0.1) is 0 Å². The first kappa shape index (κ1) is 24.5. The molecule has 0 spiro atoms. The summed E-state index contributed by atoms with van der Waals surface area (Å²) in [7, 11) is 2.08. The van der Waals surface area contributed by atoms with Crippen molar-refractivity contribution in [1.29, 1.82) is 0 Å². The Balaban J connectivity index is 1.15. The minimum Gasteiger partial charge on any atom is -0.485 e. The van der Waals surface area contributed by atoms with Crippen LogP contribution in [0.1, 0.15) is 16.9 Å². The average Bonchev–Trinajstić information content (AvgIpc) is 3.54. The summed E-state index contributed by atoms with van der Waals surface area (Å²) in [6, 6.07) is 7.25. The first-order valence-corrected chi connectivity index (χ1v) is 12.9. The molecule has 0 aromatic carbocycles. The molecule has 198 valence electrons. The fraction of sp³-hybridized carbons (Fsp3) is 0.407. The third kappa shape index (κ3) is 5.26. The van der Waals surface area contributed by atoms with Crippen LogP contribution in [0.5, 0.6) is 5.75 Å². The Labute approximate surface area is 219 Å². The van der Waals surface area contributed by atoms with Gasteiger partial charge in [-0.2, -0.15) is 0 Å². The predicted molar refractivity (Wildman–Crippen MR) is 141 cm³/mol. The van der Waals surface area contributed by atoms with E-state index in [0.29, 0.717) is 35.4 Å². The number of nitrogens with one attached hydrogen (secondary N) is 2. The first-order chi connectivity index (χ1) is 18.5.